The van der Waals surface area contributed by atoms with E-state index in [0.29, 0.717) is 12.0 Å². The molecule has 3 N–H and O–H groups in total. The maximum Gasteiger partial charge on any atom is 0.416 e. The summed E-state index contributed by atoms with van der Waals surface area (Å²) in [5.41, 5.74) is 4.86. The number of primary amides is 1. The van der Waals surface area contributed by atoms with Crippen molar-refractivity contribution in [1.29, 1.82) is 0 Å². The van der Waals surface area contributed by atoms with Gasteiger partial charge >= 0.3 is 6.18 Å². The average Bonchev–Trinajstić information content (AvgIpc) is 2.25. The highest BCUT2D eigenvalue weighted by molar-refractivity contribution is 5.75. The van der Waals surface area contributed by atoms with Crippen molar-refractivity contribution in [3.63, 3.8) is 0 Å². The molecule has 0 saturated heterocycles. The minimum absolute atomic E-state index is 0.0140. The highest BCUT2D eigenvalue weighted by Gasteiger charge is 2.30. The van der Waals surface area contributed by atoms with Crippen LogP contribution in [-0.2, 0) is 17.4 Å². The molecule has 0 aliphatic heterocycles. The molecule has 0 aliphatic carbocycles. The van der Waals surface area contributed by atoms with Crippen molar-refractivity contribution >= 4 is 5.91 Å². The summed E-state index contributed by atoms with van der Waals surface area (Å²) in [5, 5.41) is 2.83. The molecule has 0 fully saturated rings. The van der Waals surface area contributed by atoms with Crippen LogP contribution in [0.15, 0.2) is 24.3 Å². The number of carbonyl (C=O) groups is 1. The van der Waals surface area contributed by atoms with Crippen molar-refractivity contribution in [2.75, 3.05) is 6.54 Å². The number of hydrogen-bond donors (Lipinski definition) is 2. The Morgan fingerprint density at radius 3 is 2.67 bits per heavy atom. The topological polar surface area (TPSA) is 55.1 Å². The van der Waals surface area contributed by atoms with Crippen molar-refractivity contribution in [3.05, 3.63) is 35.4 Å². The Bertz CT molecular complexity index is 418. The van der Waals surface area contributed by atoms with Crippen LogP contribution in [-0.4, -0.2) is 18.5 Å². The summed E-state index contributed by atoms with van der Waals surface area (Å²) in [6.07, 6.45) is -3.93. The van der Waals surface area contributed by atoms with E-state index in [2.05, 4.69) is 5.32 Å². The van der Waals surface area contributed by atoms with Crippen LogP contribution in [0, 0.1) is 0 Å². The number of carbonyl (C=O) groups excluding carboxylic acids is 1. The minimum Gasteiger partial charge on any atom is -0.369 e. The van der Waals surface area contributed by atoms with Gasteiger partial charge in [0, 0.05) is 6.04 Å². The fourth-order valence-corrected chi connectivity index (χ4v) is 1.58. The maximum atomic E-state index is 12.5. The molecule has 18 heavy (non-hydrogen) atoms. The van der Waals surface area contributed by atoms with E-state index >= 15 is 0 Å². The molecule has 0 bridgehead atoms. The third kappa shape index (κ3) is 4.75. The van der Waals surface area contributed by atoms with Crippen molar-refractivity contribution in [3.8, 4) is 0 Å². The summed E-state index contributed by atoms with van der Waals surface area (Å²) in [4.78, 5) is 10.6. The molecule has 0 heterocycles. The lowest BCUT2D eigenvalue weighted by Gasteiger charge is -2.14. The summed E-state index contributed by atoms with van der Waals surface area (Å²) >= 11 is 0. The Morgan fingerprint density at radius 2 is 2.11 bits per heavy atom. The van der Waals surface area contributed by atoms with Gasteiger partial charge in [-0.15, -0.1) is 0 Å². The van der Waals surface area contributed by atoms with Crippen LogP contribution in [0.5, 0.6) is 0 Å². The van der Waals surface area contributed by atoms with Gasteiger partial charge in [0.05, 0.1) is 12.1 Å². The minimum atomic E-state index is -4.33. The largest absolute Gasteiger partial charge is 0.416 e. The fourth-order valence-electron chi connectivity index (χ4n) is 1.58. The first-order valence-corrected chi connectivity index (χ1v) is 5.47. The van der Waals surface area contributed by atoms with E-state index < -0.39 is 17.6 Å². The van der Waals surface area contributed by atoms with Crippen molar-refractivity contribution in [1.82, 2.24) is 5.32 Å². The zero-order chi connectivity index (χ0) is 13.8. The average molecular weight is 260 g/mol. The normalized spacial score (nSPS) is 13.3. The van der Waals surface area contributed by atoms with E-state index in [1.807, 2.05) is 0 Å². The number of benzene rings is 1. The van der Waals surface area contributed by atoms with Gasteiger partial charge in [-0.25, -0.2) is 0 Å². The summed E-state index contributed by atoms with van der Waals surface area (Å²) in [6, 6.07) is 5.02. The third-order valence-corrected chi connectivity index (χ3v) is 2.42. The molecule has 1 aromatic rings. The van der Waals surface area contributed by atoms with Gasteiger partial charge in [-0.3, -0.25) is 4.79 Å². The Balaban J connectivity index is 2.65. The lowest BCUT2D eigenvalue weighted by molar-refractivity contribution is -0.137. The lowest BCUT2D eigenvalue weighted by Crippen LogP contribution is -2.36. The molecule has 6 heteroatoms. The van der Waals surface area contributed by atoms with Crippen LogP contribution in [0.1, 0.15) is 18.1 Å². The van der Waals surface area contributed by atoms with Crippen LogP contribution in [0.2, 0.25) is 0 Å². The summed E-state index contributed by atoms with van der Waals surface area (Å²) in [6.45, 7) is 1.79. The number of rotatable bonds is 5. The molecule has 1 amide bonds. The monoisotopic (exact) mass is 260 g/mol. The number of hydrogen-bond acceptors (Lipinski definition) is 2. The van der Waals surface area contributed by atoms with Gasteiger partial charge in [0.2, 0.25) is 5.91 Å². The van der Waals surface area contributed by atoms with Gasteiger partial charge in [-0.05, 0) is 25.0 Å². The zero-order valence-electron chi connectivity index (χ0n) is 9.92. The second kappa shape index (κ2) is 5.86. The second-order valence-electron chi connectivity index (χ2n) is 4.15. The number of amides is 1. The summed E-state index contributed by atoms with van der Waals surface area (Å²) < 4.78 is 37.4. The molecule has 0 spiro atoms. The van der Waals surface area contributed by atoms with Gasteiger partial charge in [0.1, 0.15) is 0 Å². The smallest absolute Gasteiger partial charge is 0.369 e. The van der Waals surface area contributed by atoms with Gasteiger partial charge in [0.15, 0.2) is 0 Å². The molecule has 1 rings (SSSR count). The van der Waals surface area contributed by atoms with E-state index in [1.165, 1.54) is 6.07 Å². The van der Waals surface area contributed by atoms with Crippen molar-refractivity contribution in [2.45, 2.75) is 25.6 Å². The van der Waals surface area contributed by atoms with Crippen LogP contribution in [0.3, 0.4) is 0 Å². The molecule has 0 aliphatic rings. The first-order valence-electron chi connectivity index (χ1n) is 5.47. The van der Waals surface area contributed by atoms with Crippen LogP contribution >= 0.6 is 0 Å². The van der Waals surface area contributed by atoms with E-state index in [9.17, 15) is 18.0 Å². The molecule has 0 radical (unpaired) electrons. The van der Waals surface area contributed by atoms with Crippen molar-refractivity contribution in [2.24, 2.45) is 5.73 Å². The molecule has 1 aromatic carbocycles. The van der Waals surface area contributed by atoms with Crippen LogP contribution < -0.4 is 11.1 Å². The zero-order valence-corrected chi connectivity index (χ0v) is 9.92. The summed E-state index contributed by atoms with van der Waals surface area (Å²) in [7, 11) is 0. The molecule has 1 atom stereocenters. The predicted octanol–water partition coefficient (Wildman–Crippen LogP) is 1.71. The highest BCUT2D eigenvalue weighted by atomic mass is 19.4. The number of alkyl halides is 3. The number of nitrogens with two attached hydrogens (primary N) is 1. The van der Waals surface area contributed by atoms with Crippen LogP contribution in [0.25, 0.3) is 0 Å². The predicted molar refractivity (Wildman–Crippen MR) is 61.8 cm³/mol. The Morgan fingerprint density at radius 1 is 1.44 bits per heavy atom. The molecular formula is C12H15F3N2O. The summed E-state index contributed by atoms with van der Waals surface area (Å²) in [5.74, 6) is -0.495. The van der Waals surface area contributed by atoms with Crippen molar-refractivity contribution < 1.29 is 18.0 Å². The SMILES string of the molecule is CC(Cc1cccc(C(F)(F)F)c1)NCC(N)=O. The first-order chi connectivity index (χ1) is 8.29. The first kappa shape index (κ1) is 14.5. The van der Waals surface area contributed by atoms with Gasteiger partial charge in [0.25, 0.3) is 0 Å². The lowest BCUT2D eigenvalue weighted by atomic mass is 10.0. The Hall–Kier alpha value is -1.56. The standard InChI is InChI=1S/C12H15F3N2O/c1-8(17-7-11(16)18)5-9-3-2-4-10(6-9)12(13,14)15/h2-4,6,8,17H,5,7H2,1H3,(H2,16,18). The van der Waals surface area contributed by atoms with Crippen LogP contribution in [0.4, 0.5) is 13.2 Å². The number of halogens is 3. The third-order valence-electron chi connectivity index (χ3n) is 2.42. The molecule has 100 valence electrons. The molecular weight excluding hydrogens is 245 g/mol. The molecule has 3 nitrogen and oxygen atoms in total. The van der Waals surface area contributed by atoms with E-state index in [0.717, 1.165) is 12.1 Å². The Labute approximate surface area is 103 Å². The number of nitrogens with one attached hydrogen (secondary N) is 1. The van der Waals surface area contributed by atoms with Gasteiger partial charge in [-0.2, -0.15) is 13.2 Å². The molecule has 1 unspecified atom stereocenters. The highest BCUT2D eigenvalue weighted by Crippen LogP contribution is 2.29. The molecule has 0 aromatic heterocycles. The molecule has 0 saturated carbocycles. The van der Waals surface area contributed by atoms with E-state index in [1.54, 1.807) is 13.0 Å². The van der Waals surface area contributed by atoms with E-state index in [4.69, 9.17) is 5.73 Å². The van der Waals surface area contributed by atoms with Gasteiger partial charge < -0.3 is 11.1 Å². The quantitative estimate of drug-likeness (QED) is 0.846. The second-order valence-corrected chi connectivity index (χ2v) is 4.15. The fraction of sp³-hybridized carbons (Fsp3) is 0.417. The maximum absolute atomic E-state index is 12.5. The van der Waals surface area contributed by atoms with Gasteiger partial charge in [-0.1, -0.05) is 18.2 Å². The van der Waals surface area contributed by atoms with E-state index in [-0.39, 0.29) is 12.6 Å². The Kier molecular flexibility index (Phi) is 4.72.